The predicted molar refractivity (Wildman–Crippen MR) is 118 cm³/mol. The average molecular weight is 432 g/mol. The molecule has 0 atom stereocenters. The Kier molecular flexibility index (Phi) is 6.17. The molecule has 1 aliphatic heterocycles. The number of hydrogen-bond acceptors (Lipinski definition) is 6. The van der Waals surface area contributed by atoms with Crippen LogP contribution in [-0.2, 0) is 0 Å². The van der Waals surface area contributed by atoms with Crippen LogP contribution in [0, 0.1) is 17.1 Å². The number of ether oxygens (including phenoxy) is 1. The van der Waals surface area contributed by atoms with E-state index in [1.165, 1.54) is 12.1 Å². The highest BCUT2D eigenvalue weighted by atomic mass is 19.1. The van der Waals surface area contributed by atoms with E-state index in [2.05, 4.69) is 11.1 Å². The maximum atomic E-state index is 13.9. The van der Waals surface area contributed by atoms with Crippen LogP contribution in [0.4, 0.5) is 10.3 Å². The molecule has 3 aromatic rings. The Morgan fingerprint density at radius 3 is 2.66 bits per heavy atom. The number of nitrogens with zero attached hydrogens (tertiary/aromatic N) is 4. The number of methoxy groups -OCH3 is 1. The third-order valence-electron chi connectivity index (χ3n) is 5.20. The summed E-state index contributed by atoms with van der Waals surface area (Å²) in [6, 6.07) is 15.5. The molecule has 1 aromatic heterocycles. The van der Waals surface area contributed by atoms with E-state index in [9.17, 15) is 14.4 Å². The summed E-state index contributed by atoms with van der Waals surface area (Å²) < 4.78 is 25.0. The van der Waals surface area contributed by atoms with Gasteiger partial charge in [0.05, 0.1) is 12.7 Å². The standard InChI is InChI=1S/C24H21FN4O3/c1-31-18-6-4-5-17(15-18)9-10-22-27-21(16-26)24(32-22)29-13-11-28(12-14-29)23(30)19-7-2-3-8-20(19)25/h2-10,15H,11-14H2,1H3/b10-9+. The van der Waals surface area contributed by atoms with Crippen molar-refractivity contribution >= 4 is 23.9 Å². The smallest absolute Gasteiger partial charge is 0.256 e. The minimum Gasteiger partial charge on any atom is -0.497 e. The first-order valence-corrected chi connectivity index (χ1v) is 10.1. The quantitative estimate of drug-likeness (QED) is 0.610. The van der Waals surface area contributed by atoms with E-state index in [4.69, 9.17) is 9.15 Å². The molecular formula is C24H21FN4O3. The van der Waals surface area contributed by atoms with E-state index in [0.29, 0.717) is 38.0 Å². The third-order valence-corrected chi connectivity index (χ3v) is 5.20. The zero-order valence-corrected chi connectivity index (χ0v) is 17.5. The van der Waals surface area contributed by atoms with E-state index >= 15 is 0 Å². The number of rotatable bonds is 5. The number of amides is 1. The molecule has 0 unspecified atom stereocenters. The van der Waals surface area contributed by atoms with Crippen molar-refractivity contribution in [3.8, 4) is 11.8 Å². The summed E-state index contributed by atoms with van der Waals surface area (Å²) in [6.45, 7) is 1.66. The first-order chi connectivity index (χ1) is 15.6. The first kappa shape index (κ1) is 21.1. The lowest BCUT2D eigenvalue weighted by molar-refractivity contribution is 0.0740. The molecule has 1 fully saturated rings. The Morgan fingerprint density at radius 2 is 1.94 bits per heavy atom. The number of halogens is 1. The lowest BCUT2D eigenvalue weighted by Crippen LogP contribution is -2.49. The second kappa shape index (κ2) is 9.35. The summed E-state index contributed by atoms with van der Waals surface area (Å²) in [5.41, 5.74) is 1.15. The highest BCUT2D eigenvalue weighted by Gasteiger charge is 2.27. The van der Waals surface area contributed by atoms with Gasteiger partial charge in [0, 0.05) is 32.3 Å². The molecule has 1 aliphatic rings. The molecule has 0 spiro atoms. The van der Waals surface area contributed by atoms with Crippen molar-refractivity contribution in [3.05, 3.63) is 77.1 Å². The molecule has 0 aliphatic carbocycles. The number of aromatic nitrogens is 1. The van der Waals surface area contributed by atoms with Crippen molar-refractivity contribution in [2.45, 2.75) is 0 Å². The molecule has 4 rings (SSSR count). The zero-order valence-electron chi connectivity index (χ0n) is 17.5. The van der Waals surface area contributed by atoms with Gasteiger partial charge in [0.2, 0.25) is 17.5 Å². The Hall–Kier alpha value is -4.12. The topological polar surface area (TPSA) is 82.6 Å². The number of oxazole rings is 1. The fourth-order valence-electron chi connectivity index (χ4n) is 3.52. The SMILES string of the molecule is COc1cccc(/C=C/c2nc(C#N)c(N3CCN(C(=O)c4ccccc4F)CC3)o2)c1. The Balaban J connectivity index is 1.45. The third kappa shape index (κ3) is 4.47. The second-order valence-electron chi connectivity index (χ2n) is 7.19. The number of carbonyl (C=O) groups is 1. The highest BCUT2D eigenvalue weighted by Crippen LogP contribution is 2.25. The monoisotopic (exact) mass is 432 g/mol. The number of hydrogen-bond donors (Lipinski definition) is 0. The van der Waals surface area contributed by atoms with Crippen molar-refractivity contribution in [3.63, 3.8) is 0 Å². The molecule has 8 heteroatoms. The molecule has 0 saturated carbocycles. The van der Waals surface area contributed by atoms with Crippen molar-refractivity contribution < 1.29 is 18.3 Å². The van der Waals surface area contributed by atoms with Crippen LogP contribution in [0.5, 0.6) is 5.75 Å². The van der Waals surface area contributed by atoms with Crippen molar-refractivity contribution in [2.75, 3.05) is 38.2 Å². The van der Waals surface area contributed by atoms with Gasteiger partial charge in [0.15, 0.2) is 0 Å². The van der Waals surface area contributed by atoms with Crippen LogP contribution in [0.25, 0.3) is 12.2 Å². The van der Waals surface area contributed by atoms with Crippen molar-refractivity contribution in [2.24, 2.45) is 0 Å². The summed E-state index contributed by atoms with van der Waals surface area (Å²) >= 11 is 0. The fourth-order valence-corrected chi connectivity index (χ4v) is 3.52. The minimum atomic E-state index is -0.533. The summed E-state index contributed by atoms with van der Waals surface area (Å²) in [6.07, 6.45) is 3.52. The predicted octanol–water partition coefficient (Wildman–Crippen LogP) is 3.83. The normalized spacial score (nSPS) is 13.9. The van der Waals surface area contributed by atoms with E-state index in [0.717, 1.165) is 11.3 Å². The van der Waals surface area contributed by atoms with Crippen LogP contribution in [0.1, 0.15) is 27.5 Å². The summed E-state index contributed by atoms with van der Waals surface area (Å²) in [5, 5.41) is 9.49. The maximum absolute atomic E-state index is 13.9. The van der Waals surface area contributed by atoms with Crippen LogP contribution >= 0.6 is 0 Å². The number of anilines is 1. The van der Waals surface area contributed by atoms with Gasteiger partial charge in [-0.3, -0.25) is 4.79 Å². The Bertz CT molecular complexity index is 1190. The Labute approximate surface area is 185 Å². The number of piperazine rings is 1. The van der Waals surface area contributed by atoms with Gasteiger partial charge in [-0.25, -0.2) is 4.39 Å². The van der Waals surface area contributed by atoms with Gasteiger partial charge >= 0.3 is 0 Å². The van der Waals surface area contributed by atoms with Gasteiger partial charge in [-0.15, -0.1) is 0 Å². The average Bonchev–Trinajstić information content (AvgIpc) is 3.26. The summed E-state index contributed by atoms with van der Waals surface area (Å²) in [7, 11) is 1.60. The maximum Gasteiger partial charge on any atom is 0.256 e. The van der Waals surface area contributed by atoms with E-state index in [-0.39, 0.29) is 17.2 Å². The number of benzene rings is 2. The van der Waals surface area contributed by atoms with Crippen molar-refractivity contribution in [1.82, 2.24) is 9.88 Å². The second-order valence-corrected chi connectivity index (χ2v) is 7.19. The minimum absolute atomic E-state index is 0.0586. The summed E-state index contributed by atoms with van der Waals surface area (Å²) in [4.78, 5) is 20.3. The number of carbonyl (C=O) groups excluding carboxylic acids is 1. The first-order valence-electron chi connectivity index (χ1n) is 10.1. The Morgan fingerprint density at radius 1 is 1.16 bits per heavy atom. The van der Waals surface area contributed by atoms with E-state index in [1.807, 2.05) is 35.2 Å². The van der Waals surface area contributed by atoms with Gasteiger partial charge in [0.25, 0.3) is 5.91 Å². The van der Waals surface area contributed by atoms with E-state index < -0.39 is 5.82 Å². The zero-order chi connectivity index (χ0) is 22.5. The van der Waals surface area contributed by atoms with Crippen LogP contribution in [0.15, 0.2) is 52.9 Å². The molecular weight excluding hydrogens is 411 g/mol. The van der Waals surface area contributed by atoms with Crippen molar-refractivity contribution in [1.29, 1.82) is 5.26 Å². The molecule has 162 valence electrons. The van der Waals surface area contributed by atoms with Gasteiger partial charge in [0.1, 0.15) is 17.6 Å². The molecule has 32 heavy (non-hydrogen) atoms. The molecule has 1 saturated heterocycles. The van der Waals surface area contributed by atoms with Gasteiger partial charge in [-0.05, 0) is 35.9 Å². The molecule has 0 N–H and O–H groups in total. The highest BCUT2D eigenvalue weighted by molar-refractivity contribution is 5.94. The van der Waals surface area contributed by atoms with E-state index in [1.54, 1.807) is 30.2 Å². The number of nitriles is 1. The molecule has 0 bridgehead atoms. The molecule has 2 aromatic carbocycles. The van der Waals surface area contributed by atoms with Crippen LogP contribution in [0.2, 0.25) is 0 Å². The van der Waals surface area contributed by atoms with Crippen LogP contribution in [0.3, 0.4) is 0 Å². The lowest BCUT2D eigenvalue weighted by Gasteiger charge is -2.34. The summed E-state index contributed by atoms with van der Waals surface area (Å²) in [5.74, 6) is 0.540. The largest absolute Gasteiger partial charge is 0.497 e. The van der Waals surface area contributed by atoms with Gasteiger partial charge < -0.3 is 19.0 Å². The molecule has 0 radical (unpaired) electrons. The molecule has 7 nitrogen and oxygen atoms in total. The fraction of sp³-hybridized carbons (Fsp3) is 0.208. The molecule has 2 heterocycles. The van der Waals surface area contributed by atoms with Gasteiger partial charge in [-0.1, -0.05) is 24.3 Å². The van der Waals surface area contributed by atoms with Crippen LogP contribution in [-0.4, -0.2) is 49.1 Å². The van der Waals surface area contributed by atoms with Gasteiger partial charge in [-0.2, -0.15) is 10.2 Å². The van der Waals surface area contributed by atoms with Crippen LogP contribution < -0.4 is 9.64 Å². The molecule has 1 amide bonds. The lowest BCUT2D eigenvalue weighted by atomic mass is 10.1.